The van der Waals surface area contributed by atoms with Gasteiger partial charge in [0.25, 0.3) is 5.91 Å². The number of rotatable bonds is 6. The second-order valence-corrected chi connectivity index (χ2v) is 9.01. The summed E-state index contributed by atoms with van der Waals surface area (Å²) in [6.07, 6.45) is 0.908. The van der Waals surface area contributed by atoms with Crippen molar-refractivity contribution >= 4 is 45.0 Å². The molecule has 0 radical (unpaired) electrons. The number of para-hydroxylation sites is 1. The van der Waals surface area contributed by atoms with E-state index in [1.54, 1.807) is 11.3 Å². The van der Waals surface area contributed by atoms with Crippen LogP contribution in [0.15, 0.2) is 36.4 Å². The fourth-order valence-corrected chi connectivity index (χ4v) is 5.02. The molecule has 1 saturated heterocycles. The third-order valence-electron chi connectivity index (χ3n) is 5.66. The largest absolute Gasteiger partial charge is 0.379 e. The Morgan fingerprint density at radius 2 is 1.90 bits per heavy atom. The molecule has 0 bridgehead atoms. The van der Waals surface area contributed by atoms with Gasteiger partial charge in [-0.05, 0) is 50.5 Å². The molecule has 1 aromatic heterocycles. The summed E-state index contributed by atoms with van der Waals surface area (Å²) in [5, 5.41) is 0.784. The Kier molecular flexibility index (Phi) is 8.06. The molecule has 0 N–H and O–H groups in total. The normalized spacial score (nSPS) is 14.4. The van der Waals surface area contributed by atoms with Crippen LogP contribution in [0.1, 0.15) is 33.5 Å². The Labute approximate surface area is 194 Å². The molecule has 1 amide bonds. The summed E-state index contributed by atoms with van der Waals surface area (Å²) >= 11 is 1.60. The van der Waals surface area contributed by atoms with Crippen LogP contribution < -0.4 is 4.90 Å². The molecule has 3 aromatic rings. The Morgan fingerprint density at radius 3 is 2.61 bits per heavy atom. The average Bonchev–Trinajstić information content (AvgIpc) is 3.17. The molecular weight excluding hydrogens is 430 g/mol. The van der Waals surface area contributed by atoms with Gasteiger partial charge in [-0.1, -0.05) is 41.2 Å². The van der Waals surface area contributed by atoms with Crippen molar-refractivity contribution < 1.29 is 9.53 Å². The van der Waals surface area contributed by atoms with Crippen molar-refractivity contribution in [2.45, 2.75) is 27.2 Å². The lowest BCUT2D eigenvalue weighted by atomic mass is 10.0. The molecule has 2 aromatic carbocycles. The first-order valence-electron chi connectivity index (χ1n) is 10.6. The van der Waals surface area contributed by atoms with Crippen LogP contribution in [0, 0.1) is 20.8 Å². The van der Waals surface area contributed by atoms with Gasteiger partial charge >= 0.3 is 0 Å². The number of carbonyl (C=O) groups is 1. The fraction of sp³-hybridized carbons (Fsp3) is 0.417. The van der Waals surface area contributed by atoms with Crippen LogP contribution in [-0.2, 0) is 4.74 Å². The number of benzene rings is 2. The lowest BCUT2D eigenvalue weighted by Crippen LogP contribution is -2.39. The molecule has 1 aliphatic rings. The van der Waals surface area contributed by atoms with Crippen molar-refractivity contribution in [1.82, 2.24) is 9.88 Å². The smallest absolute Gasteiger partial charge is 0.260 e. The zero-order chi connectivity index (χ0) is 21.1. The molecule has 1 fully saturated rings. The van der Waals surface area contributed by atoms with Crippen LogP contribution >= 0.6 is 23.7 Å². The minimum atomic E-state index is 0. The Hall–Kier alpha value is -1.99. The van der Waals surface area contributed by atoms with E-state index < -0.39 is 0 Å². The number of thiazole rings is 1. The highest BCUT2D eigenvalue weighted by Gasteiger charge is 2.23. The zero-order valence-electron chi connectivity index (χ0n) is 18.4. The number of carbonyl (C=O) groups excluding carboxylic acids is 1. The Balaban J connectivity index is 0.00000272. The molecule has 1 aliphatic heterocycles. The number of hydrogen-bond donors (Lipinski definition) is 0. The lowest BCUT2D eigenvalue weighted by molar-refractivity contribution is 0.0376. The van der Waals surface area contributed by atoms with Crippen LogP contribution in [0.3, 0.4) is 0 Å². The van der Waals surface area contributed by atoms with E-state index in [0.717, 1.165) is 71.3 Å². The number of aryl methyl sites for hydroxylation is 3. The predicted molar refractivity (Wildman–Crippen MR) is 131 cm³/mol. The summed E-state index contributed by atoms with van der Waals surface area (Å²) in [6.45, 7) is 11.3. The molecule has 4 rings (SSSR count). The molecule has 0 unspecified atom stereocenters. The van der Waals surface area contributed by atoms with Crippen LogP contribution in [-0.4, -0.2) is 55.2 Å². The van der Waals surface area contributed by atoms with Gasteiger partial charge in [0.2, 0.25) is 0 Å². The highest BCUT2D eigenvalue weighted by atomic mass is 35.5. The van der Waals surface area contributed by atoms with E-state index in [-0.39, 0.29) is 18.3 Å². The minimum Gasteiger partial charge on any atom is -0.379 e. The molecule has 166 valence electrons. The van der Waals surface area contributed by atoms with Crippen LogP contribution in [0.4, 0.5) is 5.13 Å². The summed E-state index contributed by atoms with van der Waals surface area (Å²) in [7, 11) is 0. The maximum Gasteiger partial charge on any atom is 0.260 e. The average molecular weight is 460 g/mol. The van der Waals surface area contributed by atoms with Crippen molar-refractivity contribution in [2.24, 2.45) is 0 Å². The van der Waals surface area contributed by atoms with E-state index in [4.69, 9.17) is 9.72 Å². The second kappa shape index (κ2) is 10.6. The maximum absolute atomic E-state index is 13.6. The lowest BCUT2D eigenvalue weighted by Gasteiger charge is -2.28. The third kappa shape index (κ3) is 5.44. The van der Waals surface area contributed by atoms with Gasteiger partial charge in [0, 0.05) is 31.7 Å². The first kappa shape index (κ1) is 23.7. The quantitative estimate of drug-likeness (QED) is 0.519. The number of halogens is 1. The van der Waals surface area contributed by atoms with E-state index in [1.807, 2.05) is 30.0 Å². The molecule has 31 heavy (non-hydrogen) atoms. The molecule has 0 spiro atoms. The molecule has 0 aliphatic carbocycles. The molecular formula is C24H30ClN3O2S. The minimum absolute atomic E-state index is 0. The number of amides is 1. The van der Waals surface area contributed by atoms with Gasteiger partial charge in [-0.15, -0.1) is 12.4 Å². The van der Waals surface area contributed by atoms with Gasteiger partial charge in [-0.3, -0.25) is 14.6 Å². The van der Waals surface area contributed by atoms with Crippen LogP contribution in [0.25, 0.3) is 10.2 Å². The third-order valence-corrected chi connectivity index (χ3v) is 6.70. The fourth-order valence-electron chi connectivity index (χ4n) is 3.95. The summed E-state index contributed by atoms with van der Waals surface area (Å²) in [6, 6.07) is 12.2. The van der Waals surface area contributed by atoms with E-state index in [0.29, 0.717) is 6.54 Å². The Bertz CT molecular complexity index is 1050. The summed E-state index contributed by atoms with van der Waals surface area (Å²) in [4.78, 5) is 22.7. The molecule has 7 heteroatoms. The van der Waals surface area contributed by atoms with Crippen molar-refractivity contribution in [3.05, 3.63) is 58.7 Å². The molecule has 0 atom stereocenters. The van der Waals surface area contributed by atoms with E-state index >= 15 is 0 Å². The van der Waals surface area contributed by atoms with Crippen LogP contribution in [0.2, 0.25) is 0 Å². The molecule has 0 saturated carbocycles. The summed E-state index contributed by atoms with van der Waals surface area (Å²) in [5.74, 6) is 0.0335. The monoisotopic (exact) mass is 459 g/mol. The number of hydrogen-bond acceptors (Lipinski definition) is 5. The van der Waals surface area contributed by atoms with Crippen molar-refractivity contribution in [2.75, 3.05) is 44.3 Å². The van der Waals surface area contributed by atoms with Crippen molar-refractivity contribution in [3.8, 4) is 0 Å². The summed E-state index contributed by atoms with van der Waals surface area (Å²) in [5.41, 5.74) is 5.06. The second-order valence-electron chi connectivity index (χ2n) is 8.00. The maximum atomic E-state index is 13.6. The van der Waals surface area contributed by atoms with E-state index in [9.17, 15) is 4.79 Å². The van der Waals surface area contributed by atoms with Gasteiger partial charge in [0.1, 0.15) is 0 Å². The highest BCUT2D eigenvalue weighted by molar-refractivity contribution is 7.22. The van der Waals surface area contributed by atoms with Gasteiger partial charge in [-0.25, -0.2) is 4.98 Å². The van der Waals surface area contributed by atoms with Crippen molar-refractivity contribution in [1.29, 1.82) is 0 Å². The van der Waals surface area contributed by atoms with Crippen molar-refractivity contribution in [3.63, 3.8) is 0 Å². The highest BCUT2D eigenvalue weighted by Crippen LogP contribution is 2.32. The zero-order valence-corrected chi connectivity index (χ0v) is 20.0. The van der Waals surface area contributed by atoms with E-state index in [1.165, 1.54) is 5.56 Å². The van der Waals surface area contributed by atoms with E-state index in [2.05, 4.69) is 36.9 Å². The number of morpholine rings is 1. The number of aromatic nitrogens is 1. The Morgan fingerprint density at radius 1 is 1.13 bits per heavy atom. The molecule has 2 heterocycles. The predicted octanol–water partition coefficient (Wildman–Crippen LogP) is 5.01. The first-order valence-corrected chi connectivity index (χ1v) is 11.4. The standard InChI is InChI=1S/C24H29N3O2S.ClH/c1-17-8-9-20(19(3)16-17)23(28)27(11-5-10-26-12-14-29-15-13-26)24-25-22-18(2)6-4-7-21(22)30-24;/h4,6-9,16H,5,10-15H2,1-3H3;1H. The number of fused-ring (bicyclic) bond motifs is 1. The van der Waals surface area contributed by atoms with Gasteiger partial charge in [0.15, 0.2) is 5.13 Å². The topological polar surface area (TPSA) is 45.7 Å². The van der Waals surface area contributed by atoms with Gasteiger partial charge in [0.05, 0.1) is 23.4 Å². The molecule has 5 nitrogen and oxygen atoms in total. The first-order chi connectivity index (χ1) is 14.5. The number of ether oxygens (including phenoxy) is 1. The van der Waals surface area contributed by atoms with Gasteiger partial charge < -0.3 is 4.74 Å². The SMILES string of the molecule is Cc1ccc(C(=O)N(CCCN2CCOCC2)c2nc3c(C)cccc3s2)c(C)c1.Cl. The summed E-state index contributed by atoms with van der Waals surface area (Å²) < 4.78 is 6.57. The van der Waals surface area contributed by atoms with Crippen LogP contribution in [0.5, 0.6) is 0 Å². The number of anilines is 1. The van der Waals surface area contributed by atoms with Gasteiger partial charge in [-0.2, -0.15) is 0 Å². The number of nitrogens with zero attached hydrogens (tertiary/aromatic N) is 3.